The van der Waals surface area contributed by atoms with Crippen LogP contribution in [0.1, 0.15) is 19.4 Å². The van der Waals surface area contributed by atoms with Crippen molar-refractivity contribution >= 4 is 10.8 Å². The number of aliphatic hydroxyl groups is 1. The van der Waals surface area contributed by atoms with Crippen LogP contribution in [-0.2, 0) is 6.54 Å². The van der Waals surface area contributed by atoms with Gasteiger partial charge in [-0.25, -0.2) is 0 Å². The van der Waals surface area contributed by atoms with E-state index in [9.17, 15) is 5.11 Å². The van der Waals surface area contributed by atoms with E-state index in [-0.39, 0.29) is 6.61 Å². The lowest BCUT2D eigenvalue weighted by Gasteiger charge is -2.29. The molecule has 0 fully saturated rings. The fourth-order valence-electron chi connectivity index (χ4n) is 3.11. The highest BCUT2D eigenvalue weighted by Crippen LogP contribution is 2.25. The van der Waals surface area contributed by atoms with Crippen molar-refractivity contribution in [2.75, 3.05) is 13.2 Å². The van der Waals surface area contributed by atoms with E-state index in [0.29, 0.717) is 12.6 Å². The number of hydrogen-bond acceptors (Lipinski definition) is 3. The van der Waals surface area contributed by atoms with E-state index in [1.807, 2.05) is 48.5 Å². The van der Waals surface area contributed by atoms with Crippen LogP contribution in [0.4, 0.5) is 0 Å². The second-order valence-electron chi connectivity index (χ2n) is 6.95. The van der Waals surface area contributed by atoms with Crippen LogP contribution in [0.2, 0.25) is 0 Å². The van der Waals surface area contributed by atoms with Crippen LogP contribution in [0.25, 0.3) is 10.8 Å². The van der Waals surface area contributed by atoms with Crippen molar-refractivity contribution in [1.82, 2.24) is 4.90 Å². The summed E-state index contributed by atoms with van der Waals surface area (Å²) in [7, 11) is 0. The Labute approximate surface area is 155 Å². The fraction of sp³-hybridized carbons (Fsp3) is 0.304. The van der Waals surface area contributed by atoms with Gasteiger partial charge in [-0.2, -0.15) is 0 Å². The van der Waals surface area contributed by atoms with E-state index in [1.165, 1.54) is 5.56 Å². The van der Waals surface area contributed by atoms with Crippen molar-refractivity contribution in [2.24, 2.45) is 0 Å². The number of benzene rings is 3. The van der Waals surface area contributed by atoms with Gasteiger partial charge in [0.2, 0.25) is 0 Å². The molecular weight excluding hydrogens is 322 g/mol. The molecule has 1 unspecified atom stereocenters. The second-order valence-corrected chi connectivity index (χ2v) is 6.95. The predicted molar refractivity (Wildman–Crippen MR) is 107 cm³/mol. The average Bonchev–Trinajstić information content (AvgIpc) is 2.66. The van der Waals surface area contributed by atoms with Gasteiger partial charge in [-0.15, -0.1) is 0 Å². The summed E-state index contributed by atoms with van der Waals surface area (Å²) in [5.74, 6) is 0.821. The van der Waals surface area contributed by atoms with E-state index in [0.717, 1.165) is 23.1 Å². The standard InChI is InChI=1S/C23H27NO2/c1-18(2)24(15-19-9-4-3-5-10-19)16-21(25)17-26-23-14-8-12-20-11-6-7-13-22(20)23/h3-14,18,21,25H,15-17H2,1-2H3. The van der Waals surface area contributed by atoms with Crippen LogP contribution >= 0.6 is 0 Å². The van der Waals surface area contributed by atoms with E-state index in [2.05, 4.69) is 43.0 Å². The van der Waals surface area contributed by atoms with Gasteiger partial charge in [-0.05, 0) is 30.9 Å². The summed E-state index contributed by atoms with van der Waals surface area (Å²) < 4.78 is 5.94. The summed E-state index contributed by atoms with van der Waals surface area (Å²) in [6.45, 7) is 6.00. The molecule has 0 aliphatic carbocycles. The van der Waals surface area contributed by atoms with Gasteiger partial charge in [0.15, 0.2) is 0 Å². The Morgan fingerprint density at radius 3 is 2.35 bits per heavy atom. The van der Waals surface area contributed by atoms with Crippen LogP contribution < -0.4 is 4.74 Å². The van der Waals surface area contributed by atoms with Crippen LogP contribution in [0.3, 0.4) is 0 Å². The number of aliphatic hydroxyl groups excluding tert-OH is 1. The molecule has 0 amide bonds. The van der Waals surface area contributed by atoms with Crippen molar-refractivity contribution in [3.8, 4) is 5.75 Å². The van der Waals surface area contributed by atoms with Crippen molar-refractivity contribution in [2.45, 2.75) is 32.5 Å². The molecule has 0 aliphatic rings. The highest BCUT2D eigenvalue weighted by molar-refractivity contribution is 5.88. The SMILES string of the molecule is CC(C)N(Cc1ccccc1)CC(O)COc1cccc2ccccc12. The van der Waals surface area contributed by atoms with Crippen LogP contribution in [-0.4, -0.2) is 35.3 Å². The molecule has 1 N–H and O–H groups in total. The van der Waals surface area contributed by atoms with Gasteiger partial charge >= 0.3 is 0 Å². The third-order valence-electron chi connectivity index (χ3n) is 4.58. The smallest absolute Gasteiger partial charge is 0.127 e. The molecule has 0 spiro atoms. The second kappa shape index (κ2) is 8.84. The minimum Gasteiger partial charge on any atom is -0.490 e. The van der Waals surface area contributed by atoms with Gasteiger partial charge in [0.25, 0.3) is 0 Å². The van der Waals surface area contributed by atoms with Gasteiger partial charge < -0.3 is 9.84 Å². The van der Waals surface area contributed by atoms with E-state index in [4.69, 9.17) is 4.74 Å². The number of rotatable bonds is 8. The molecule has 3 heteroatoms. The molecule has 26 heavy (non-hydrogen) atoms. The van der Waals surface area contributed by atoms with E-state index >= 15 is 0 Å². The highest BCUT2D eigenvalue weighted by atomic mass is 16.5. The third-order valence-corrected chi connectivity index (χ3v) is 4.58. The molecule has 0 radical (unpaired) electrons. The molecule has 3 nitrogen and oxygen atoms in total. The molecule has 3 aromatic carbocycles. The summed E-state index contributed by atoms with van der Waals surface area (Å²) >= 11 is 0. The monoisotopic (exact) mass is 349 g/mol. The van der Waals surface area contributed by atoms with Crippen LogP contribution in [0.15, 0.2) is 72.8 Å². The summed E-state index contributed by atoms with van der Waals surface area (Å²) in [5.41, 5.74) is 1.25. The zero-order valence-electron chi connectivity index (χ0n) is 15.5. The summed E-state index contributed by atoms with van der Waals surface area (Å²) in [4.78, 5) is 2.27. The Morgan fingerprint density at radius 2 is 1.58 bits per heavy atom. The van der Waals surface area contributed by atoms with Gasteiger partial charge in [-0.3, -0.25) is 4.90 Å². The van der Waals surface area contributed by atoms with Crippen molar-refractivity contribution in [1.29, 1.82) is 0 Å². The lowest BCUT2D eigenvalue weighted by atomic mass is 10.1. The maximum absolute atomic E-state index is 10.5. The first-order valence-electron chi connectivity index (χ1n) is 9.20. The van der Waals surface area contributed by atoms with E-state index in [1.54, 1.807) is 0 Å². The maximum Gasteiger partial charge on any atom is 0.127 e. The van der Waals surface area contributed by atoms with Gasteiger partial charge in [0.1, 0.15) is 18.5 Å². The first kappa shape index (κ1) is 18.4. The predicted octanol–water partition coefficient (Wildman–Crippen LogP) is 4.49. The number of hydrogen-bond donors (Lipinski definition) is 1. The summed E-state index contributed by atoms with van der Waals surface area (Å²) in [6.07, 6.45) is -0.542. The van der Waals surface area contributed by atoms with Crippen LogP contribution in [0.5, 0.6) is 5.75 Å². The molecule has 1 atom stereocenters. The Bertz CT molecular complexity index is 811. The molecule has 0 heterocycles. The third kappa shape index (κ3) is 4.84. The Morgan fingerprint density at radius 1 is 0.885 bits per heavy atom. The average molecular weight is 349 g/mol. The molecule has 3 aromatic rings. The molecule has 0 aliphatic heterocycles. The first-order valence-corrected chi connectivity index (χ1v) is 9.20. The molecule has 0 saturated heterocycles. The van der Waals surface area contributed by atoms with Crippen molar-refractivity contribution in [3.63, 3.8) is 0 Å². The molecule has 0 bridgehead atoms. The van der Waals surface area contributed by atoms with Crippen molar-refractivity contribution in [3.05, 3.63) is 78.4 Å². The molecule has 3 rings (SSSR count). The zero-order valence-corrected chi connectivity index (χ0v) is 15.5. The Hall–Kier alpha value is -2.36. The van der Waals surface area contributed by atoms with Gasteiger partial charge in [0.05, 0.1) is 0 Å². The van der Waals surface area contributed by atoms with Gasteiger partial charge in [0, 0.05) is 24.5 Å². The largest absolute Gasteiger partial charge is 0.490 e. The molecule has 0 saturated carbocycles. The molecule has 0 aromatic heterocycles. The topological polar surface area (TPSA) is 32.7 Å². The molecule has 136 valence electrons. The maximum atomic E-state index is 10.5. The zero-order chi connectivity index (χ0) is 18.4. The van der Waals surface area contributed by atoms with Crippen LogP contribution in [0, 0.1) is 0 Å². The minimum absolute atomic E-state index is 0.284. The minimum atomic E-state index is -0.542. The Kier molecular flexibility index (Phi) is 6.26. The first-order chi connectivity index (χ1) is 12.6. The summed E-state index contributed by atoms with van der Waals surface area (Å²) in [5, 5.41) is 12.7. The summed E-state index contributed by atoms with van der Waals surface area (Å²) in [6, 6.07) is 24.9. The number of nitrogens with zero attached hydrogens (tertiary/aromatic N) is 1. The Balaban J connectivity index is 1.60. The highest BCUT2D eigenvalue weighted by Gasteiger charge is 2.16. The fourth-order valence-corrected chi connectivity index (χ4v) is 3.11. The van der Waals surface area contributed by atoms with Crippen molar-refractivity contribution < 1.29 is 9.84 Å². The quantitative estimate of drug-likeness (QED) is 0.650. The lowest BCUT2D eigenvalue weighted by Crippen LogP contribution is -2.39. The lowest BCUT2D eigenvalue weighted by molar-refractivity contribution is 0.0547. The van der Waals surface area contributed by atoms with E-state index < -0.39 is 6.10 Å². The normalized spacial score (nSPS) is 12.7. The number of fused-ring (bicyclic) bond motifs is 1. The molecular formula is C23H27NO2. The number of ether oxygens (including phenoxy) is 1. The van der Waals surface area contributed by atoms with Gasteiger partial charge in [-0.1, -0.05) is 66.7 Å².